The highest BCUT2D eigenvalue weighted by Gasteiger charge is 2.13. The molecule has 0 spiro atoms. The van der Waals surface area contributed by atoms with Crippen LogP contribution >= 0.6 is 22.7 Å². The van der Waals surface area contributed by atoms with E-state index in [4.69, 9.17) is 10.4 Å². The molecular weight excluding hydrogens is 290 g/mol. The molecule has 1 N–H and O–H groups in total. The zero-order chi connectivity index (χ0) is 14.7. The molecule has 0 aliphatic rings. The molecule has 3 nitrogen and oxygen atoms in total. The first-order valence-electron chi connectivity index (χ1n) is 6.03. The Labute approximate surface area is 125 Å². The Bertz CT molecular complexity index is 704. The Kier molecular flexibility index (Phi) is 4.38. The number of aryl methyl sites for hydroxylation is 1. The second-order valence-corrected chi connectivity index (χ2v) is 6.80. The van der Waals surface area contributed by atoms with Gasteiger partial charge in [-0.2, -0.15) is 5.26 Å². The van der Waals surface area contributed by atoms with Crippen LogP contribution in [0.5, 0.6) is 0 Å². The molecule has 0 bridgehead atoms. The van der Waals surface area contributed by atoms with Crippen LogP contribution in [0.15, 0.2) is 35.9 Å². The van der Waals surface area contributed by atoms with Crippen molar-refractivity contribution in [2.45, 2.75) is 19.8 Å². The number of carbonyl (C=O) groups is 1. The number of allylic oxidation sites excluding steroid dienone is 1. The quantitative estimate of drug-likeness (QED) is 0.671. The van der Waals surface area contributed by atoms with Crippen LogP contribution in [-0.2, 0) is 4.79 Å². The van der Waals surface area contributed by atoms with Gasteiger partial charge >= 0.3 is 5.97 Å². The van der Waals surface area contributed by atoms with E-state index in [2.05, 4.69) is 19.1 Å². The third-order valence-electron chi connectivity index (χ3n) is 2.83. The van der Waals surface area contributed by atoms with Crippen LogP contribution < -0.4 is 0 Å². The van der Waals surface area contributed by atoms with E-state index >= 15 is 0 Å². The molecule has 0 amide bonds. The number of carboxylic acids is 1. The minimum absolute atomic E-state index is 0.0828. The van der Waals surface area contributed by atoms with E-state index in [1.807, 2.05) is 19.1 Å². The first-order valence-corrected chi connectivity index (χ1v) is 7.66. The van der Waals surface area contributed by atoms with E-state index < -0.39 is 5.97 Å². The number of rotatable bonds is 4. The van der Waals surface area contributed by atoms with Crippen molar-refractivity contribution in [3.8, 4) is 15.8 Å². The van der Waals surface area contributed by atoms with Crippen molar-refractivity contribution in [2.75, 3.05) is 0 Å². The Balaban J connectivity index is 2.25. The molecule has 2 heterocycles. The first kappa shape index (κ1) is 14.5. The summed E-state index contributed by atoms with van der Waals surface area (Å²) in [5.74, 6) is -1.26. The van der Waals surface area contributed by atoms with Gasteiger partial charge in [0.1, 0.15) is 11.6 Å². The van der Waals surface area contributed by atoms with Gasteiger partial charge in [-0.1, -0.05) is 13.0 Å². The van der Waals surface area contributed by atoms with Gasteiger partial charge in [-0.05, 0) is 31.2 Å². The monoisotopic (exact) mass is 303 g/mol. The summed E-state index contributed by atoms with van der Waals surface area (Å²) in [6.07, 6.45) is 1.50. The summed E-state index contributed by atoms with van der Waals surface area (Å²) in [7, 11) is 0. The van der Waals surface area contributed by atoms with Gasteiger partial charge in [-0.15, -0.1) is 22.7 Å². The standard InChI is InChI=1S/C15H13NO2S2/c1-9(7-11(8-16)15(17)18)12-5-6-14(20-12)13-4-3-10(2)19-13/h3-7,9H,1-2H3,(H,17,18)/b11-7-. The third-order valence-corrected chi connectivity index (χ3v) is 5.31. The van der Waals surface area contributed by atoms with Crippen LogP contribution in [0.1, 0.15) is 22.6 Å². The number of hydrogen-bond donors (Lipinski definition) is 1. The molecule has 1 atom stereocenters. The smallest absolute Gasteiger partial charge is 0.346 e. The molecule has 1 unspecified atom stereocenters. The third kappa shape index (κ3) is 3.16. The predicted octanol–water partition coefficient (Wildman–Crippen LogP) is 4.42. The minimum atomic E-state index is -1.18. The molecule has 0 aliphatic carbocycles. The largest absolute Gasteiger partial charge is 0.477 e. The molecule has 20 heavy (non-hydrogen) atoms. The summed E-state index contributed by atoms with van der Waals surface area (Å²) in [5, 5.41) is 17.7. The number of nitrogens with zero attached hydrogens (tertiary/aromatic N) is 1. The van der Waals surface area contributed by atoms with Gasteiger partial charge in [0.05, 0.1) is 0 Å². The lowest BCUT2D eigenvalue weighted by Crippen LogP contribution is -1.99. The maximum absolute atomic E-state index is 10.8. The topological polar surface area (TPSA) is 61.1 Å². The highest BCUT2D eigenvalue weighted by molar-refractivity contribution is 7.22. The molecule has 2 aromatic rings. The number of thiophene rings is 2. The average Bonchev–Trinajstić information content (AvgIpc) is 3.03. The number of aliphatic carboxylic acids is 1. The Morgan fingerprint density at radius 2 is 1.95 bits per heavy atom. The van der Waals surface area contributed by atoms with Crippen LogP contribution in [0, 0.1) is 18.3 Å². The molecule has 5 heteroatoms. The normalized spacial score (nSPS) is 12.9. The zero-order valence-corrected chi connectivity index (χ0v) is 12.7. The molecule has 0 saturated carbocycles. The van der Waals surface area contributed by atoms with Crippen LogP contribution in [0.4, 0.5) is 0 Å². The highest BCUT2D eigenvalue weighted by Crippen LogP contribution is 2.36. The van der Waals surface area contributed by atoms with Crippen LogP contribution in [0.3, 0.4) is 0 Å². The van der Waals surface area contributed by atoms with Crippen LogP contribution in [0.25, 0.3) is 9.75 Å². The lowest BCUT2D eigenvalue weighted by molar-refractivity contribution is -0.132. The van der Waals surface area contributed by atoms with Crippen molar-refractivity contribution < 1.29 is 9.90 Å². The number of hydrogen-bond acceptors (Lipinski definition) is 4. The zero-order valence-electron chi connectivity index (χ0n) is 11.1. The Morgan fingerprint density at radius 1 is 1.30 bits per heavy atom. The summed E-state index contributed by atoms with van der Waals surface area (Å²) >= 11 is 3.37. The molecule has 0 aromatic carbocycles. The Hall–Kier alpha value is -1.90. The van der Waals surface area contributed by atoms with Crippen LogP contribution in [-0.4, -0.2) is 11.1 Å². The lowest BCUT2D eigenvalue weighted by Gasteiger charge is -2.02. The first-order chi connectivity index (χ1) is 9.51. The molecule has 2 aromatic heterocycles. The van der Waals surface area contributed by atoms with Crippen molar-refractivity contribution in [3.63, 3.8) is 0 Å². The molecule has 2 rings (SSSR count). The van der Waals surface area contributed by atoms with E-state index in [9.17, 15) is 4.79 Å². The summed E-state index contributed by atoms with van der Waals surface area (Å²) in [6.45, 7) is 3.97. The minimum Gasteiger partial charge on any atom is -0.477 e. The van der Waals surface area contributed by atoms with Crippen molar-refractivity contribution in [1.29, 1.82) is 5.26 Å². The SMILES string of the molecule is Cc1ccc(-c2ccc(C(C)/C=C(/C#N)C(=O)O)s2)s1. The second-order valence-electron chi connectivity index (χ2n) is 4.40. The fraction of sp³-hybridized carbons (Fsp3) is 0.200. The Morgan fingerprint density at radius 3 is 2.50 bits per heavy atom. The molecule has 102 valence electrons. The summed E-state index contributed by atoms with van der Waals surface area (Å²) < 4.78 is 0. The van der Waals surface area contributed by atoms with Crippen molar-refractivity contribution in [1.82, 2.24) is 0 Å². The van der Waals surface area contributed by atoms with Gasteiger partial charge in [0.15, 0.2) is 0 Å². The fourth-order valence-electron chi connectivity index (χ4n) is 1.79. The van der Waals surface area contributed by atoms with Gasteiger partial charge in [0, 0.05) is 25.4 Å². The highest BCUT2D eigenvalue weighted by atomic mass is 32.1. The molecule has 0 fully saturated rings. The van der Waals surface area contributed by atoms with E-state index in [0.29, 0.717) is 0 Å². The van der Waals surface area contributed by atoms with Gasteiger partial charge in [-0.3, -0.25) is 0 Å². The maximum Gasteiger partial charge on any atom is 0.346 e. The van der Waals surface area contributed by atoms with E-state index in [1.165, 1.54) is 20.7 Å². The average molecular weight is 303 g/mol. The maximum atomic E-state index is 10.8. The second kappa shape index (κ2) is 6.04. The molecule has 0 aliphatic heterocycles. The lowest BCUT2D eigenvalue weighted by atomic mass is 10.1. The summed E-state index contributed by atoms with van der Waals surface area (Å²) in [4.78, 5) is 15.6. The van der Waals surface area contributed by atoms with Gasteiger partial charge in [0.2, 0.25) is 0 Å². The van der Waals surface area contributed by atoms with Crippen LogP contribution in [0.2, 0.25) is 0 Å². The predicted molar refractivity (Wildman–Crippen MR) is 82.1 cm³/mol. The van der Waals surface area contributed by atoms with Gasteiger partial charge < -0.3 is 5.11 Å². The number of nitriles is 1. The van der Waals surface area contributed by atoms with Crippen molar-refractivity contribution >= 4 is 28.6 Å². The van der Waals surface area contributed by atoms with Crippen molar-refractivity contribution in [3.05, 3.63) is 45.7 Å². The van der Waals surface area contributed by atoms with E-state index in [1.54, 1.807) is 28.7 Å². The molecule has 0 radical (unpaired) electrons. The van der Waals surface area contributed by atoms with Gasteiger partial charge in [-0.25, -0.2) is 4.79 Å². The summed E-state index contributed by atoms with van der Waals surface area (Å²) in [6, 6.07) is 9.93. The fourth-order valence-corrected chi connectivity index (χ4v) is 3.77. The summed E-state index contributed by atoms with van der Waals surface area (Å²) in [5.41, 5.74) is -0.209. The molecule has 0 saturated heterocycles. The van der Waals surface area contributed by atoms with E-state index in [0.717, 1.165) is 4.88 Å². The molecular formula is C15H13NO2S2. The van der Waals surface area contributed by atoms with Crippen molar-refractivity contribution in [2.24, 2.45) is 0 Å². The number of carboxylic acid groups (broad SMARTS) is 1. The van der Waals surface area contributed by atoms with E-state index in [-0.39, 0.29) is 11.5 Å². The van der Waals surface area contributed by atoms with Gasteiger partial charge in [0.25, 0.3) is 0 Å².